The van der Waals surface area contributed by atoms with Crippen LogP contribution in [0.3, 0.4) is 0 Å². The van der Waals surface area contributed by atoms with Gasteiger partial charge in [0, 0.05) is 24.3 Å². The number of nitrogens with zero attached hydrogens (tertiary/aromatic N) is 4. The standard InChI is InChI=1S/C45H56N8O7S/c1-24(2)37(50-43(56)59-7)41(54)52-17-9-10-34(52)40-47-31-16-15-29(20-32(31)48-40)27-11-12-28-19-30(14-13-26(28)18-27)33-22-46-39(49-33)35-23-61-36(21-45(5,6)58)53(35)42(55)38(25(3)4)51-44(57)60-8/h11-16,18-20,22,24-25,34-38,58H,9-10,17,21,23H2,1-8H3,(H,46,49)(H,47,48)(H,50,56)(H,51,57)/t34-,35-,36?,37-,38-/m0/s1. The van der Waals surface area contributed by atoms with Gasteiger partial charge in [-0.1, -0.05) is 58.0 Å². The van der Waals surface area contributed by atoms with E-state index in [0.717, 1.165) is 62.9 Å². The molecule has 7 rings (SSSR count). The summed E-state index contributed by atoms with van der Waals surface area (Å²) >= 11 is 1.59. The van der Waals surface area contributed by atoms with Crippen LogP contribution in [0.2, 0.25) is 0 Å². The molecule has 0 saturated carbocycles. The van der Waals surface area contributed by atoms with Crippen LogP contribution < -0.4 is 10.6 Å². The number of carbonyl (C=O) groups is 4. The molecule has 324 valence electrons. The van der Waals surface area contributed by atoms with Gasteiger partial charge < -0.3 is 45.0 Å². The van der Waals surface area contributed by atoms with Crippen molar-refractivity contribution in [2.45, 2.75) is 95.9 Å². The van der Waals surface area contributed by atoms with E-state index in [9.17, 15) is 24.3 Å². The molecular weight excluding hydrogens is 797 g/mol. The van der Waals surface area contributed by atoms with Crippen molar-refractivity contribution in [2.24, 2.45) is 11.8 Å². The number of methoxy groups -OCH3 is 2. The second-order valence-corrected chi connectivity index (χ2v) is 18.5. The Morgan fingerprint density at radius 1 is 0.836 bits per heavy atom. The summed E-state index contributed by atoms with van der Waals surface area (Å²) in [5.74, 6) is 1.20. The highest BCUT2D eigenvalue weighted by Gasteiger charge is 2.45. The van der Waals surface area contributed by atoms with Gasteiger partial charge in [0.05, 0.1) is 60.2 Å². The molecule has 0 bridgehead atoms. The van der Waals surface area contributed by atoms with Gasteiger partial charge >= 0.3 is 12.2 Å². The zero-order valence-electron chi connectivity index (χ0n) is 35.9. The van der Waals surface area contributed by atoms with Gasteiger partial charge in [0.2, 0.25) is 11.8 Å². The minimum Gasteiger partial charge on any atom is -0.453 e. The highest BCUT2D eigenvalue weighted by atomic mass is 32.2. The Hall–Kier alpha value is -5.61. The molecule has 3 aromatic carbocycles. The van der Waals surface area contributed by atoms with Crippen LogP contribution in [0.4, 0.5) is 9.59 Å². The molecule has 2 saturated heterocycles. The number of alkyl carbamates (subject to hydrolysis) is 2. The smallest absolute Gasteiger partial charge is 0.407 e. The normalized spacial score (nSPS) is 19.2. The third-order valence-electron chi connectivity index (χ3n) is 11.6. The van der Waals surface area contributed by atoms with Crippen LogP contribution in [0.1, 0.15) is 84.5 Å². The molecule has 16 heteroatoms. The average Bonchev–Trinajstić information content (AvgIpc) is 4.06. The number of H-pyrrole nitrogens is 2. The van der Waals surface area contributed by atoms with E-state index in [0.29, 0.717) is 24.5 Å². The number of aromatic amines is 2. The van der Waals surface area contributed by atoms with Crippen LogP contribution in [-0.2, 0) is 19.1 Å². The number of likely N-dealkylation sites (tertiary alicyclic amines) is 1. The van der Waals surface area contributed by atoms with Crippen molar-refractivity contribution in [2.75, 3.05) is 26.5 Å². The number of hydrogen-bond acceptors (Lipinski definition) is 10. The number of hydrogen-bond donors (Lipinski definition) is 5. The molecule has 4 amide bonds. The third-order valence-corrected chi connectivity index (χ3v) is 12.8. The molecule has 0 aliphatic carbocycles. The number of rotatable bonds is 12. The molecule has 2 aliphatic rings. The van der Waals surface area contributed by atoms with Gasteiger partial charge in [-0.2, -0.15) is 0 Å². The number of fused-ring (bicyclic) bond motifs is 2. The zero-order valence-corrected chi connectivity index (χ0v) is 36.8. The lowest BCUT2D eigenvalue weighted by molar-refractivity contribution is -0.138. The quantitative estimate of drug-likeness (QED) is 0.0850. The fourth-order valence-electron chi connectivity index (χ4n) is 8.32. The van der Waals surface area contributed by atoms with Gasteiger partial charge in [-0.05, 0) is 84.7 Å². The Morgan fingerprint density at radius 3 is 2.08 bits per heavy atom. The van der Waals surface area contributed by atoms with E-state index in [-0.39, 0.29) is 35.1 Å². The van der Waals surface area contributed by atoms with Crippen molar-refractivity contribution in [1.29, 1.82) is 0 Å². The summed E-state index contributed by atoms with van der Waals surface area (Å²) in [5.41, 5.74) is 4.47. The predicted molar refractivity (Wildman–Crippen MR) is 235 cm³/mol. The lowest BCUT2D eigenvalue weighted by Crippen LogP contribution is -2.53. The number of aromatic nitrogens is 4. The number of nitrogens with one attached hydrogen (secondary N) is 4. The SMILES string of the molecule is COC(=O)N[C@H](C(=O)N1CCC[C@H]1c1nc2ccc(-c3ccc4cc(-c5cnc([C@@H]6CSC(CC(C)(C)O)N6C(=O)[C@@H](NC(=O)OC)C(C)C)[nH]5)ccc4c3)cc2[nH]1)C(C)C. The maximum atomic E-state index is 14.2. The summed E-state index contributed by atoms with van der Waals surface area (Å²) in [5, 5.41) is 17.9. The molecule has 4 heterocycles. The summed E-state index contributed by atoms with van der Waals surface area (Å²) < 4.78 is 9.61. The second-order valence-electron chi connectivity index (χ2n) is 17.3. The number of aliphatic hydroxyl groups is 1. The van der Waals surface area contributed by atoms with Gasteiger partial charge in [0.25, 0.3) is 0 Å². The van der Waals surface area contributed by atoms with E-state index in [1.807, 2.05) is 44.7 Å². The number of amides is 4. The first-order valence-corrected chi connectivity index (χ1v) is 21.8. The van der Waals surface area contributed by atoms with Crippen LogP contribution in [0.25, 0.3) is 44.2 Å². The average molecular weight is 853 g/mol. The topological polar surface area (TPSA) is 195 Å². The fraction of sp³-hybridized carbons (Fsp3) is 0.467. The highest BCUT2D eigenvalue weighted by Crippen LogP contribution is 2.42. The Labute approximate surface area is 359 Å². The number of carbonyl (C=O) groups excluding carboxylic acids is 4. The zero-order chi connectivity index (χ0) is 43.7. The summed E-state index contributed by atoms with van der Waals surface area (Å²) in [4.78, 5) is 72.3. The fourth-order valence-corrected chi connectivity index (χ4v) is 9.98. The Morgan fingerprint density at radius 2 is 1.44 bits per heavy atom. The van der Waals surface area contributed by atoms with E-state index in [4.69, 9.17) is 19.4 Å². The van der Waals surface area contributed by atoms with E-state index in [1.165, 1.54) is 14.2 Å². The lowest BCUT2D eigenvalue weighted by Gasteiger charge is -2.35. The second kappa shape index (κ2) is 17.8. The first kappa shape index (κ1) is 43.5. The minimum atomic E-state index is -1.02. The number of ether oxygens (including phenoxy) is 2. The maximum Gasteiger partial charge on any atom is 0.407 e. The molecular formula is C45H56N8O7S. The Kier molecular flexibility index (Phi) is 12.7. The van der Waals surface area contributed by atoms with Crippen molar-refractivity contribution in [1.82, 2.24) is 40.4 Å². The van der Waals surface area contributed by atoms with Crippen LogP contribution in [0.5, 0.6) is 0 Å². The summed E-state index contributed by atoms with van der Waals surface area (Å²) in [6.45, 7) is 11.6. The Balaban J connectivity index is 1.10. The largest absolute Gasteiger partial charge is 0.453 e. The monoisotopic (exact) mass is 852 g/mol. The maximum absolute atomic E-state index is 14.2. The van der Waals surface area contributed by atoms with Crippen molar-refractivity contribution < 1.29 is 33.8 Å². The highest BCUT2D eigenvalue weighted by molar-refractivity contribution is 8.00. The molecule has 5 N–H and O–H groups in total. The summed E-state index contributed by atoms with van der Waals surface area (Å²) in [6, 6.07) is 16.6. The third kappa shape index (κ3) is 9.35. The molecule has 0 radical (unpaired) electrons. The molecule has 2 aromatic heterocycles. The van der Waals surface area contributed by atoms with Gasteiger partial charge in [-0.25, -0.2) is 19.6 Å². The van der Waals surface area contributed by atoms with Crippen molar-refractivity contribution >= 4 is 57.6 Å². The van der Waals surface area contributed by atoms with E-state index >= 15 is 0 Å². The van der Waals surface area contributed by atoms with E-state index in [1.54, 1.807) is 36.7 Å². The molecule has 15 nitrogen and oxygen atoms in total. The minimum absolute atomic E-state index is 0.119. The van der Waals surface area contributed by atoms with Crippen LogP contribution in [-0.4, -0.2) is 108 Å². The van der Waals surface area contributed by atoms with E-state index < -0.39 is 35.9 Å². The van der Waals surface area contributed by atoms with Crippen LogP contribution in [0, 0.1) is 11.8 Å². The molecule has 2 fully saturated rings. The summed E-state index contributed by atoms with van der Waals surface area (Å²) in [7, 11) is 2.56. The van der Waals surface area contributed by atoms with Crippen LogP contribution in [0.15, 0.2) is 60.8 Å². The molecule has 1 unspecified atom stereocenters. The van der Waals surface area contributed by atoms with E-state index in [2.05, 4.69) is 63.1 Å². The molecule has 5 atom stereocenters. The first-order valence-electron chi connectivity index (χ1n) is 20.8. The van der Waals surface area contributed by atoms with Gasteiger partial charge in [-0.15, -0.1) is 11.8 Å². The summed E-state index contributed by atoms with van der Waals surface area (Å²) in [6.07, 6.45) is 2.42. The van der Waals surface area contributed by atoms with Crippen molar-refractivity contribution in [3.63, 3.8) is 0 Å². The lowest BCUT2D eigenvalue weighted by atomic mass is 9.99. The number of thioether (sulfide) groups is 1. The van der Waals surface area contributed by atoms with Crippen molar-refractivity contribution in [3.05, 3.63) is 72.4 Å². The molecule has 5 aromatic rings. The number of benzene rings is 3. The molecule has 61 heavy (non-hydrogen) atoms. The van der Waals surface area contributed by atoms with Crippen molar-refractivity contribution in [3.8, 4) is 22.4 Å². The predicted octanol–water partition coefficient (Wildman–Crippen LogP) is 7.30. The van der Waals surface area contributed by atoms with Crippen LogP contribution >= 0.6 is 11.8 Å². The van der Waals surface area contributed by atoms with Gasteiger partial charge in [-0.3, -0.25) is 9.59 Å². The molecule has 2 aliphatic heterocycles. The molecule has 0 spiro atoms. The van der Waals surface area contributed by atoms with Gasteiger partial charge in [0.15, 0.2) is 0 Å². The first-order chi connectivity index (χ1) is 29.0. The van der Waals surface area contributed by atoms with Gasteiger partial charge in [0.1, 0.15) is 23.7 Å². The number of imidazole rings is 2. The Bertz CT molecular complexity index is 2420.